The normalized spacial score (nSPS) is 25.3. The summed E-state index contributed by atoms with van der Waals surface area (Å²) < 4.78 is 1.94. The summed E-state index contributed by atoms with van der Waals surface area (Å²) in [6.45, 7) is 3.51. The number of aryl methyl sites for hydroxylation is 2. The zero-order valence-electron chi connectivity index (χ0n) is 14.2. The molecule has 4 heterocycles. The van der Waals surface area contributed by atoms with Crippen LogP contribution in [0.4, 0.5) is 0 Å². The molecule has 2 amide bonds. The molecule has 3 aliphatic heterocycles. The van der Waals surface area contributed by atoms with Crippen molar-refractivity contribution in [1.29, 1.82) is 0 Å². The van der Waals surface area contributed by atoms with E-state index in [0.717, 1.165) is 58.3 Å². The number of carbonyl (C=O) groups excluding carboxylic acids is 2. The van der Waals surface area contributed by atoms with Gasteiger partial charge in [-0.25, -0.2) is 0 Å². The highest BCUT2D eigenvalue weighted by Crippen LogP contribution is 2.21. The Morgan fingerprint density at radius 3 is 2.67 bits per heavy atom. The maximum atomic E-state index is 12.4. The average molecular weight is 331 g/mol. The Balaban J connectivity index is 1.30. The first-order valence-corrected chi connectivity index (χ1v) is 8.98. The van der Waals surface area contributed by atoms with Crippen molar-refractivity contribution >= 4 is 11.8 Å². The highest BCUT2D eigenvalue weighted by Gasteiger charge is 2.36. The van der Waals surface area contributed by atoms with Crippen molar-refractivity contribution in [3.63, 3.8) is 0 Å². The molecule has 24 heavy (non-hydrogen) atoms. The lowest BCUT2D eigenvalue weighted by Gasteiger charge is -2.35. The number of nitrogens with one attached hydrogen (secondary N) is 1. The molecule has 1 aromatic heterocycles. The molecule has 0 bridgehead atoms. The van der Waals surface area contributed by atoms with Crippen LogP contribution in [0.25, 0.3) is 0 Å². The van der Waals surface area contributed by atoms with Gasteiger partial charge in [0, 0.05) is 45.0 Å². The van der Waals surface area contributed by atoms with Gasteiger partial charge in [-0.1, -0.05) is 0 Å². The SMILES string of the molecule is CN1CC[C@H](N2CCC(NC(=O)c3cc4n(n3)CCC4)CC2)C1=O. The number of fused-ring (bicyclic) bond motifs is 1. The van der Waals surface area contributed by atoms with Gasteiger partial charge in [-0.3, -0.25) is 19.2 Å². The van der Waals surface area contributed by atoms with E-state index in [1.54, 1.807) is 0 Å². The lowest BCUT2D eigenvalue weighted by Crippen LogP contribution is -2.50. The molecule has 0 saturated carbocycles. The summed E-state index contributed by atoms with van der Waals surface area (Å²) in [4.78, 5) is 28.6. The molecule has 1 atom stereocenters. The standard InChI is InChI=1S/C17H25N5O2/c1-20-8-6-15(17(20)24)21-9-4-12(5-10-21)18-16(23)14-11-13-3-2-7-22(13)19-14/h11-12,15H,2-10H2,1H3,(H,18,23)/t15-/m0/s1. The van der Waals surface area contributed by atoms with Gasteiger partial charge >= 0.3 is 0 Å². The zero-order valence-corrected chi connectivity index (χ0v) is 14.2. The molecular weight excluding hydrogens is 306 g/mol. The second-order valence-electron chi connectivity index (χ2n) is 7.20. The van der Waals surface area contributed by atoms with Crippen LogP contribution in [-0.4, -0.2) is 70.2 Å². The molecule has 4 rings (SSSR count). The predicted molar refractivity (Wildman–Crippen MR) is 88.7 cm³/mol. The zero-order chi connectivity index (χ0) is 16.7. The summed E-state index contributed by atoms with van der Waals surface area (Å²) in [5.74, 6) is 0.178. The van der Waals surface area contributed by atoms with Gasteiger partial charge in [-0.2, -0.15) is 5.10 Å². The van der Waals surface area contributed by atoms with Crippen LogP contribution in [0.3, 0.4) is 0 Å². The summed E-state index contributed by atoms with van der Waals surface area (Å²) in [6.07, 6.45) is 4.85. The summed E-state index contributed by atoms with van der Waals surface area (Å²) in [5.41, 5.74) is 1.71. The van der Waals surface area contributed by atoms with Crippen molar-refractivity contribution in [2.75, 3.05) is 26.7 Å². The van der Waals surface area contributed by atoms with E-state index in [2.05, 4.69) is 15.3 Å². The summed E-state index contributed by atoms with van der Waals surface area (Å²) in [5, 5.41) is 7.51. The topological polar surface area (TPSA) is 70.5 Å². The van der Waals surface area contributed by atoms with Crippen molar-refractivity contribution in [3.8, 4) is 0 Å². The Bertz CT molecular complexity index is 626. The van der Waals surface area contributed by atoms with Crippen molar-refractivity contribution in [2.45, 2.75) is 50.7 Å². The van der Waals surface area contributed by atoms with Crippen LogP contribution in [0.15, 0.2) is 6.07 Å². The molecule has 7 heteroatoms. The van der Waals surface area contributed by atoms with E-state index < -0.39 is 0 Å². The van der Waals surface area contributed by atoms with Gasteiger partial charge < -0.3 is 10.2 Å². The number of piperidine rings is 1. The van der Waals surface area contributed by atoms with E-state index in [9.17, 15) is 9.59 Å². The maximum absolute atomic E-state index is 12.4. The third kappa shape index (κ3) is 2.81. The van der Waals surface area contributed by atoms with Crippen molar-refractivity contribution in [1.82, 2.24) is 24.9 Å². The fourth-order valence-corrected chi connectivity index (χ4v) is 4.13. The van der Waals surface area contributed by atoms with Gasteiger partial charge in [0.05, 0.1) is 6.04 Å². The average Bonchev–Trinajstić information content (AvgIpc) is 3.25. The Morgan fingerprint density at radius 2 is 2.00 bits per heavy atom. The van der Waals surface area contributed by atoms with Crippen LogP contribution in [0, 0.1) is 0 Å². The van der Waals surface area contributed by atoms with Crippen LogP contribution >= 0.6 is 0 Å². The highest BCUT2D eigenvalue weighted by molar-refractivity contribution is 5.92. The first kappa shape index (κ1) is 15.6. The van der Waals surface area contributed by atoms with E-state index >= 15 is 0 Å². The second-order valence-corrected chi connectivity index (χ2v) is 7.20. The number of nitrogens with zero attached hydrogens (tertiary/aromatic N) is 4. The molecule has 2 fully saturated rings. The molecule has 2 saturated heterocycles. The molecule has 0 aliphatic carbocycles. The number of hydrogen-bond acceptors (Lipinski definition) is 4. The third-order valence-electron chi connectivity index (χ3n) is 5.60. The molecule has 0 aromatic carbocycles. The fraction of sp³-hybridized carbons (Fsp3) is 0.706. The molecule has 7 nitrogen and oxygen atoms in total. The summed E-state index contributed by atoms with van der Waals surface area (Å²) in [7, 11) is 1.87. The monoisotopic (exact) mass is 331 g/mol. The number of carbonyl (C=O) groups is 2. The quantitative estimate of drug-likeness (QED) is 0.862. The second kappa shape index (κ2) is 6.20. The van der Waals surface area contributed by atoms with E-state index in [4.69, 9.17) is 0 Å². The van der Waals surface area contributed by atoms with Gasteiger partial charge in [0.2, 0.25) is 5.91 Å². The molecule has 3 aliphatic rings. The first-order chi connectivity index (χ1) is 11.6. The highest BCUT2D eigenvalue weighted by atomic mass is 16.2. The first-order valence-electron chi connectivity index (χ1n) is 8.98. The van der Waals surface area contributed by atoms with Crippen molar-refractivity contribution < 1.29 is 9.59 Å². The van der Waals surface area contributed by atoms with Gasteiger partial charge in [-0.15, -0.1) is 0 Å². The number of likely N-dealkylation sites (tertiary alicyclic amines) is 2. The Labute approximate surface area is 142 Å². The fourth-order valence-electron chi connectivity index (χ4n) is 4.13. The van der Waals surface area contributed by atoms with Crippen LogP contribution in [0.2, 0.25) is 0 Å². The predicted octanol–water partition coefficient (Wildman–Crippen LogP) is 0.254. The molecule has 130 valence electrons. The lowest BCUT2D eigenvalue weighted by molar-refractivity contribution is -0.131. The summed E-state index contributed by atoms with van der Waals surface area (Å²) in [6, 6.07) is 2.15. The van der Waals surface area contributed by atoms with E-state index in [1.807, 2.05) is 22.7 Å². The molecule has 0 radical (unpaired) electrons. The van der Waals surface area contributed by atoms with Crippen LogP contribution < -0.4 is 5.32 Å². The molecule has 1 N–H and O–H groups in total. The smallest absolute Gasteiger partial charge is 0.272 e. The lowest BCUT2D eigenvalue weighted by atomic mass is 10.0. The number of hydrogen-bond donors (Lipinski definition) is 1. The van der Waals surface area contributed by atoms with Crippen molar-refractivity contribution in [3.05, 3.63) is 17.5 Å². The van der Waals surface area contributed by atoms with Crippen LogP contribution in [-0.2, 0) is 17.8 Å². The van der Waals surface area contributed by atoms with Gasteiger partial charge in [-0.05, 0) is 38.2 Å². The number of likely N-dealkylation sites (N-methyl/N-ethyl adjacent to an activating group) is 1. The third-order valence-corrected chi connectivity index (χ3v) is 5.60. The van der Waals surface area contributed by atoms with Crippen LogP contribution in [0.1, 0.15) is 41.9 Å². The molecule has 1 aromatic rings. The minimum atomic E-state index is -0.0629. The largest absolute Gasteiger partial charge is 0.348 e. The Kier molecular flexibility index (Phi) is 4.04. The van der Waals surface area contributed by atoms with Crippen LogP contribution in [0.5, 0.6) is 0 Å². The number of aromatic nitrogens is 2. The van der Waals surface area contributed by atoms with E-state index in [0.29, 0.717) is 5.69 Å². The summed E-state index contributed by atoms with van der Waals surface area (Å²) >= 11 is 0. The maximum Gasteiger partial charge on any atom is 0.272 e. The number of rotatable bonds is 3. The number of amides is 2. The van der Waals surface area contributed by atoms with Gasteiger partial charge in [0.25, 0.3) is 5.91 Å². The van der Waals surface area contributed by atoms with E-state index in [-0.39, 0.29) is 23.9 Å². The minimum Gasteiger partial charge on any atom is -0.348 e. The Morgan fingerprint density at radius 1 is 1.21 bits per heavy atom. The van der Waals surface area contributed by atoms with Gasteiger partial charge in [0.1, 0.15) is 5.69 Å². The minimum absolute atomic E-state index is 0.0442. The van der Waals surface area contributed by atoms with E-state index in [1.165, 1.54) is 5.69 Å². The molecular formula is C17H25N5O2. The van der Waals surface area contributed by atoms with Crippen molar-refractivity contribution in [2.24, 2.45) is 0 Å². The Hall–Kier alpha value is -1.89. The molecule has 0 spiro atoms. The van der Waals surface area contributed by atoms with Gasteiger partial charge in [0.15, 0.2) is 0 Å². The molecule has 0 unspecified atom stereocenters.